The molecule has 0 aromatic heterocycles. The van der Waals surface area contributed by atoms with Gasteiger partial charge in [0, 0.05) is 12.1 Å². The summed E-state index contributed by atoms with van der Waals surface area (Å²) in [5.41, 5.74) is 0. The molecule has 3 fully saturated rings. The minimum atomic E-state index is 0.641. The van der Waals surface area contributed by atoms with Gasteiger partial charge in [0.2, 0.25) is 0 Å². The van der Waals surface area contributed by atoms with Gasteiger partial charge in [-0.3, -0.25) is 4.90 Å². The van der Waals surface area contributed by atoms with Gasteiger partial charge in [0.1, 0.15) is 12.2 Å². The van der Waals surface area contributed by atoms with E-state index in [1.54, 1.807) is 0 Å². The first-order valence-corrected chi connectivity index (χ1v) is 4.83. The number of ether oxygens (including phenoxy) is 1. The summed E-state index contributed by atoms with van der Waals surface area (Å²) in [7, 11) is 0. The summed E-state index contributed by atoms with van der Waals surface area (Å²) in [6.07, 6.45) is 5.48. The number of nitrogens with zero attached hydrogens (tertiary/aromatic N) is 1. The van der Waals surface area contributed by atoms with Gasteiger partial charge in [-0.2, -0.15) is 0 Å². The second kappa shape index (κ2) is 1.99. The fourth-order valence-electron chi connectivity index (χ4n) is 3.04. The zero-order chi connectivity index (χ0) is 7.42. The van der Waals surface area contributed by atoms with Crippen molar-refractivity contribution in [3.8, 4) is 0 Å². The van der Waals surface area contributed by atoms with Crippen LogP contribution in [-0.4, -0.2) is 35.7 Å². The van der Waals surface area contributed by atoms with E-state index >= 15 is 0 Å². The lowest BCUT2D eigenvalue weighted by atomic mass is 10.0. The summed E-state index contributed by atoms with van der Waals surface area (Å²) in [6, 6.07) is 1.59. The number of fused-ring (bicyclic) bond motifs is 5. The average Bonchev–Trinajstić information content (AvgIpc) is 2.78. The Kier molecular flexibility index (Phi) is 1.16. The zero-order valence-corrected chi connectivity index (χ0v) is 6.99. The predicted molar refractivity (Wildman–Crippen MR) is 42.5 cm³/mol. The van der Waals surface area contributed by atoms with Crippen LogP contribution in [0.25, 0.3) is 0 Å². The zero-order valence-electron chi connectivity index (χ0n) is 6.99. The van der Waals surface area contributed by atoms with Crippen LogP contribution in [0.4, 0.5) is 0 Å². The van der Waals surface area contributed by atoms with Crippen LogP contribution >= 0.6 is 0 Å². The van der Waals surface area contributed by atoms with E-state index in [0.29, 0.717) is 12.2 Å². The number of hydrogen-bond acceptors (Lipinski definition) is 2. The molecule has 0 spiro atoms. The Morgan fingerprint density at radius 2 is 1.91 bits per heavy atom. The van der Waals surface area contributed by atoms with Crippen molar-refractivity contribution in [3.05, 3.63) is 0 Å². The lowest BCUT2D eigenvalue weighted by Gasteiger charge is -2.35. The van der Waals surface area contributed by atoms with Crippen LogP contribution in [0.1, 0.15) is 26.2 Å². The Balaban J connectivity index is 1.88. The topological polar surface area (TPSA) is 15.8 Å². The third-order valence-electron chi connectivity index (χ3n) is 3.54. The molecule has 0 N–H and O–H groups in total. The van der Waals surface area contributed by atoms with Crippen LogP contribution in [0.3, 0.4) is 0 Å². The Hall–Kier alpha value is -0.0800. The molecule has 3 aliphatic heterocycles. The molecule has 11 heavy (non-hydrogen) atoms. The molecule has 3 heterocycles. The molecule has 3 saturated heterocycles. The fraction of sp³-hybridized carbons (Fsp3) is 1.00. The van der Waals surface area contributed by atoms with Crippen molar-refractivity contribution in [2.45, 2.75) is 50.5 Å². The van der Waals surface area contributed by atoms with Gasteiger partial charge in [-0.05, 0) is 19.4 Å². The molecule has 0 unspecified atom stereocenters. The van der Waals surface area contributed by atoms with Crippen molar-refractivity contribution in [1.29, 1.82) is 0 Å². The summed E-state index contributed by atoms with van der Waals surface area (Å²) in [6.45, 7) is 3.50. The molecule has 0 aliphatic carbocycles. The van der Waals surface area contributed by atoms with E-state index in [2.05, 4.69) is 11.8 Å². The van der Waals surface area contributed by atoms with E-state index in [4.69, 9.17) is 4.74 Å². The minimum absolute atomic E-state index is 0.641. The minimum Gasteiger partial charge on any atom is -0.366 e. The largest absolute Gasteiger partial charge is 0.366 e. The molecule has 3 rings (SSSR count). The monoisotopic (exact) mass is 153 g/mol. The fourth-order valence-corrected chi connectivity index (χ4v) is 3.04. The van der Waals surface area contributed by atoms with E-state index in [1.807, 2.05) is 0 Å². The lowest BCUT2D eigenvalue weighted by molar-refractivity contribution is 0.0566. The van der Waals surface area contributed by atoms with Crippen LogP contribution in [0.5, 0.6) is 0 Å². The standard InChI is InChI=1S/C9H15NO/c1-2-10-6-4-3-5-7(10)9-8(6)11-9/h6-9H,2-5H2,1H3/t6-,7+,8-,9+. The Bertz CT molecular complexity index is 166. The van der Waals surface area contributed by atoms with Gasteiger partial charge in [0.25, 0.3) is 0 Å². The highest BCUT2D eigenvalue weighted by molar-refractivity contribution is 5.12. The van der Waals surface area contributed by atoms with E-state index in [9.17, 15) is 0 Å². The molecule has 0 saturated carbocycles. The van der Waals surface area contributed by atoms with Gasteiger partial charge in [0.05, 0.1) is 0 Å². The maximum absolute atomic E-state index is 5.61. The van der Waals surface area contributed by atoms with Crippen LogP contribution in [0, 0.1) is 0 Å². The highest BCUT2D eigenvalue weighted by Crippen LogP contribution is 2.47. The van der Waals surface area contributed by atoms with E-state index in [-0.39, 0.29) is 0 Å². The molecule has 2 nitrogen and oxygen atoms in total. The molecule has 0 aromatic rings. The van der Waals surface area contributed by atoms with Gasteiger partial charge in [-0.1, -0.05) is 13.3 Å². The van der Waals surface area contributed by atoms with Crippen LogP contribution < -0.4 is 0 Å². The van der Waals surface area contributed by atoms with Gasteiger partial charge in [0.15, 0.2) is 0 Å². The van der Waals surface area contributed by atoms with Gasteiger partial charge < -0.3 is 4.74 Å². The highest BCUT2D eigenvalue weighted by atomic mass is 16.6. The first kappa shape index (κ1) is 6.44. The maximum atomic E-state index is 5.61. The van der Waals surface area contributed by atoms with Gasteiger partial charge in [-0.15, -0.1) is 0 Å². The Labute approximate surface area is 67.5 Å². The predicted octanol–water partition coefficient (Wildman–Crippen LogP) is 1.01. The van der Waals surface area contributed by atoms with E-state index in [1.165, 1.54) is 25.8 Å². The van der Waals surface area contributed by atoms with Crippen molar-refractivity contribution in [2.75, 3.05) is 6.54 Å². The Morgan fingerprint density at radius 3 is 2.36 bits per heavy atom. The van der Waals surface area contributed by atoms with Gasteiger partial charge >= 0.3 is 0 Å². The second-order valence-corrected chi connectivity index (χ2v) is 3.96. The number of rotatable bonds is 1. The summed E-state index contributed by atoms with van der Waals surface area (Å²) < 4.78 is 5.61. The van der Waals surface area contributed by atoms with Crippen molar-refractivity contribution >= 4 is 0 Å². The molecule has 0 radical (unpaired) electrons. The molecule has 2 heteroatoms. The molecular formula is C9H15NO. The molecule has 0 amide bonds. The van der Waals surface area contributed by atoms with Crippen molar-refractivity contribution in [1.82, 2.24) is 4.90 Å². The molecule has 62 valence electrons. The van der Waals surface area contributed by atoms with Crippen LogP contribution in [-0.2, 0) is 4.74 Å². The quantitative estimate of drug-likeness (QED) is 0.522. The second-order valence-electron chi connectivity index (χ2n) is 3.96. The molecule has 2 bridgehead atoms. The van der Waals surface area contributed by atoms with Crippen molar-refractivity contribution in [2.24, 2.45) is 0 Å². The normalized spacial score (nSPS) is 54.3. The summed E-state index contributed by atoms with van der Waals surface area (Å²) in [5.74, 6) is 0. The number of piperidine rings is 1. The Morgan fingerprint density at radius 1 is 1.27 bits per heavy atom. The number of hydrogen-bond donors (Lipinski definition) is 0. The number of epoxide rings is 1. The third-order valence-corrected chi connectivity index (χ3v) is 3.54. The van der Waals surface area contributed by atoms with E-state index < -0.39 is 0 Å². The first-order chi connectivity index (χ1) is 5.42. The summed E-state index contributed by atoms with van der Waals surface area (Å²) in [5, 5.41) is 0. The van der Waals surface area contributed by atoms with Crippen molar-refractivity contribution < 1.29 is 4.74 Å². The van der Waals surface area contributed by atoms with Crippen LogP contribution in [0.15, 0.2) is 0 Å². The summed E-state index contributed by atoms with van der Waals surface area (Å²) >= 11 is 0. The first-order valence-electron chi connectivity index (χ1n) is 4.83. The third kappa shape index (κ3) is 0.695. The molecule has 0 aromatic carbocycles. The van der Waals surface area contributed by atoms with Crippen LogP contribution in [0.2, 0.25) is 0 Å². The SMILES string of the molecule is CCN1[C@@H]2CCC[C@H]1[C@@H]1O[C@@H]12. The number of likely N-dealkylation sites (N-methyl/N-ethyl adjacent to an activating group) is 1. The maximum Gasteiger partial charge on any atom is 0.101 e. The average molecular weight is 153 g/mol. The molecule has 3 aliphatic rings. The molecular weight excluding hydrogens is 138 g/mol. The summed E-state index contributed by atoms with van der Waals surface area (Å²) in [4.78, 5) is 2.66. The van der Waals surface area contributed by atoms with Crippen molar-refractivity contribution in [3.63, 3.8) is 0 Å². The lowest BCUT2D eigenvalue weighted by Crippen LogP contribution is -2.44. The van der Waals surface area contributed by atoms with E-state index in [0.717, 1.165) is 12.1 Å². The highest BCUT2D eigenvalue weighted by Gasteiger charge is 2.61. The smallest absolute Gasteiger partial charge is 0.101 e. The number of morpholine rings is 1. The van der Waals surface area contributed by atoms with Gasteiger partial charge in [-0.25, -0.2) is 0 Å². The molecule has 4 atom stereocenters.